The van der Waals surface area contributed by atoms with Gasteiger partial charge in [0.15, 0.2) is 0 Å². The maximum absolute atomic E-state index is 12.3. The Balaban J connectivity index is 2.56. The van der Waals surface area contributed by atoms with E-state index in [1.54, 1.807) is 0 Å². The van der Waals surface area contributed by atoms with E-state index in [1.165, 1.54) is 0 Å². The predicted octanol–water partition coefficient (Wildman–Crippen LogP) is 0.434. The number of carbonyl (C=O) groups excluding carboxylic acids is 1. The average Bonchev–Trinajstić information content (AvgIpc) is 2.25. The molecule has 1 amide bonds. The number of piperidine rings is 1. The number of hydrogen-bond acceptors (Lipinski definition) is 4. The third kappa shape index (κ3) is 6.67. The van der Waals surface area contributed by atoms with E-state index in [0.717, 1.165) is 32.1 Å². The molecule has 1 unspecified atom stereocenters. The molecule has 20 heavy (non-hydrogen) atoms. The van der Waals surface area contributed by atoms with E-state index < -0.39 is 15.6 Å². The van der Waals surface area contributed by atoms with Gasteiger partial charge in [0.1, 0.15) is 0 Å². The van der Waals surface area contributed by atoms with E-state index in [2.05, 4.69) is 4.72 Å². The van der Waals surface area contributed by atoms with Crippen molar-refractivity contribution in [1.29, 1.82) is 0 Å². The van der Waals surface area contributed by atoms with Gasteiger partial charge in [-0.25, -0.2) is 13.1 Å². The van der Waals surface area contributed by atoms with Crippen molar-refractivity contribution in [2.45, 2.75) is 57.5 Å². The molecule has 1 rings (SSSR count). The van der Waals surface area contributed by atoms with Crippen LogP contribution < -0.4 is 10.5 Å². The summed E-state index contributed by atoms with van der Waals surface area (Å²) in [6.45, 7) is 4.81. The zero-order valence-electron chi connectivity index (χ0n) is 12.7. The van der Waals surface area contributed by atoms with Gasteiger partial charge in [0.05, 0.1) is 6.26 Å². The van der Waals surface area contributed by atoms with E-state index in [-0.39, 0.29) is 11.9 Å². The molecule has 1 heterocycles. The highest BCUT2D eigenvalue weighted by atomic mass is 32.2. The lowest BCUT2D eigenvalue weighted by Crippen LogP contribution is -2.48. The van der Waals surface area contributed by atoms with Crippen LogP contribution >= 0.6 is 0 Å². The molecule has 3 N–H and O–H groups in total. The van der Waals surface area contributed by atoms with Crippen molar-refractivity contribution in [3.63, 3.8) is 0 Å². The van der Waals surface area contributed by atoms with Crippen molar-refractivity contribution in [3.8, 4) is 0 Å². The standard InChI is InChI=1S/C13H27N3O3S/c1-13(2,14)10-12(17)16-9-5-4-6-11(16)7-8-15-20(3,18)19/h11,15H,4-10,14H2,1-3H3. The topological polar surface area (TPSA) is 92.5 Å². The van der Waals surface area contributed by atoms with Crippen LogP contribution in [0.2, 0.25) is 0 Å². The van der Waals surface area contributed by atoms with E-state index in [4.69, 9.17) is 5.73 Å². The summed E-state index contributed by atoms with van der Waals surface area (Å²) in [6.07, 6.45) is 5.15. The fourth-order valence-electron chi connectivity index (χ4n) is 2.53. The Morgan fingerprint density at radius 2 is 2.05 bits per heavy atom. The fourth-order valence-corrected chi connectivity index (χ4v) is 3.02. The van der Waals surface area contributed by atoms with E-state index in [0.29, 0.717) is 19.4 Å². The molecule has 0 saturated carbocycles. The van der Waals surface area contributed by atoms with Crippen molar-refractivity contribution in [2.75, 3.05) is 19.3 Å². The summed E-state index contributed by atoms with van der Waals surface area (Å²) in [7, 11) is -3.16. The third-order valence-electron chi connectivity index (χ3n) is 3.40. The van der Waals surface area contributed by atoms with Crippen LogP contribution in [0, 0.1) is 0 Å². The second kappa shape index (κ2) is 6.87. The van der Waals surface area contributed by atoms with Gasteiger partial charge in [0.2, 0.25) is 15.9 Å². The highest BCUT2D eigenvalue weighted by Crippen LogP contribution is 2.21. The first-order chi connectivity index (χ1) is 9.08. The Morgan fingerprint density at radius 3 is 2.60 bits per heavy atom. The third-order valence-corrected chi connectivity index (χ3v) is 4.12. The molecule has 0 bridgehead atoms. The molecule has 118 valence electrons. The number of likely N-dealkylation sites (tertiary alicyclic amines) is 1. The van der Waals surface area contributed by atoms with Gasteiger partial charge < -0.3 is 10.6 Å². The van der Waals surface area contributed by atoms with Gasteiger partial charge in [-0.15, -0.1) is 0 Å². The number of sulfonamides is 1. The van der Waals surface area contributed by atoms with Gasteiger partial charge in [-0.3, -0.25) is 4.79 Å². The van der Waals surface area contributed by atoms with Crippen LogP contribution in [0.25, 0.3) is 0 Å². The molecular formula is C13H27N3O3S. The maximum Gasteiger partial charge on any atom is 0.224 e. The molecule has 0 radical (unpaired) electrons. The van der Waals surface area contributed by atoms with Crippen LogP contribution in [0.4, 0.5) is 0 Å². The van der Waals surface area contributed by atoms with Crippen LogP contribution in [0.3, 0.4) is 0 Å². The SMILES string of the molecule is CC(C)(N)CC(=O)N1CCCCC1CCNS(C)(=O)=O. The number of nitrogens with one attached hydrogen (secondary N) is 1. The van der Waals surface area contributed by atoms with Crippen LogP contribution in [0.5, 0.6) is 0 Å². The minimum absolute atomic E-state index is 0.0709. The van der Waals surface area contributed by atoms with Crippen molar-refractivity contribution in [1.82, 2.24) is 9.62 Å². The Kier molecular flexibility index (Phi) is 5.97. The minimum atomic E-state index is -3.16. The maximum atomic E-state index is 12.3. The Labute approximate surface area is 122 Å². The van der Waals surface area contributed by atoms with Crippen molar-refractivity contribution in [3.05, 3.63) is 0 Å². The van der Waals surface area contributed by atoms with Crippen LogP contribution in [-0.4, -0.2) is 50.2 Å². The first-order valence-electron chi connectivity index (χ1n) is 7.11. The Morgan fingerprint density at radius 1 is 1.40 bits per heavy atom. The van der Waals surface area contributed by atoms with Crippen LogP contribution in [0.15, 0.2) is 0 Å². The molecule has 0 aromatic heterocycles. The number of carbonyl (C=O) groups is 1. The molecular weight excluding hydrogens is 278 g/mol. The summed E-state index contributed by atoms with van der Waals surface area (Å²) in [5.41, 5.74) is 5.40. The first kappa shape index (κ1) is 17.4. The van der Waals surface area contributed by atoms with Gasteiger partial charge in [-0.2, -0.15) is 0 Å². The van der Waals surface area contributed by atoms with Gasteiger partial charge in [-0.05, 0) is 39.5 Å². The number of hydrogen-bond donors (Lipinski definition) is 2. The molecule has 7 heteroatoms. The van der Waals surface area contributed by atoms with E-state index >= 15 is 0 Å². The zero-order chi connectivity index (χ0) is 15.4. The van der Waals surface area contributed by atoms with Gasteiger partial charge in [0.25, 0.3) is 0 Å². The molecule has 1 saturated heterocycles. The van der Waals surface area contributed by atoms with Crippen molar-refractivity contribution < 1.29 is 13.2 Å². The van der Waals surface area contributed by atoms with E-state index in [1.807, 2.05) is 18.7 Å². The molecule has 1 fully saturated rings. The second-order valence-corrected chi connectivity index (χ2v) is 8.19. The van der Waals surface area contributed by atoms with Gasteiger partial charge >= 0.3 is 0 Å². The summed E-state index contributed by atoms with van der Waals surface area (Å²) in [4.78, 5) is 14.2. The average molecular weight is 305 g/mol. The summed E-state index contributed by atoms with van der Waals surface area (Å²) < 4.78 is 24.6. The van der Waals surface area contributed by atoms with Crippen molar-refractivity contribution in [2.24, 2.45) is 5.73 Å². The van der Waals surface area contributed by atoms with Crippen molar-refractivity contribution >= 4 is 15.9 Å². The smallest absolute Gasteiger partial charge is 0.224 e. The molecule has 0 spiro atoms. The molecule has 0 aromatic carbocycles. The lowest BCUT2D eigenvalue weighted by atomic mass is 9.96. The molecule has 0 aromatic rings. The van der Waals surface area contributed by atoms with Gasteiger partial charge in [0, 0.05) is 31.1 Å². The Hall–Kier alpha value is -0.660. The number of rotatable bonds is 6. The van der Waals surface area contributed by atoms with Crippen LogP contribution in [0.1, 0.15) is 46.0 Å². The quantitative estimate of drug-likeness (QED) is 0.744. The highest BCUT2D eigenvalue weighted by Gasteiger charge is 2.29. The minimum Gasteiger partial charge on any atom is -0.340 e. The molecule has 0 aliphatic carbocycles. The zero-order valence-corrected chi connectivity index (χ0v) is 13.5. The molecule has 1 aliphatic rings. The van der Waals surface area contributed by atoms with Crippen LogP contribution in [-0.2, 0) is 14.8 Å². The molecule has 1 atom stereocenters. The molecule has 1 aliphatic heterocycles. The summed E-state index contributed by atoms with van der Waals surface area (Å²) >= 11 is 0. The summed E-state index contributed by atoms with van der Waals surface area (Å²) in [6, 6.07) is 0.118. The highest BCUT2D eigenvalue weighted by molar-refractivity contribution is 7.88. The Bertz CT molecular complexity index is 429. The fraction of sp³-hybridized carbons (Fsp3) is 0.923. The normalized spacial score (nSPS) is 21.0. The summed E-state index contributed by atoms with van der Waals surface area (Å²) in [5.74, 6) is 0.0709. The monoisotopic (exact) mass is 305 g/mol. The largest absolute Gasteiger partial charge is 0.340 e. The predicted molar refractivity (Wildman–Crippen MR) is 79.7 cm³/mol. The number of nitrogens with two attached hydrogens (primary N) is 1. The lowest BCUT2D eigenvalue weighted by molar-refractivity contribution is -0.136. The molecule has 6 nitrogen and oxygen atoms in total. The number of nitrogens with zero attached hydrogens (tertiary/aromatic N) is 1. The lowest BCUT2D eigenvalue weighted by Gasteiger charge is -2.37. The summed E-state index contributed by atoms with van der Waals surface area (Å²) in [5, 5.41) is 0. The second-order valence-electron chi connectivity index (χ2n) is 6.36. The van der Waals surface area contributed by atoms with E-state index in [9.17, 15) is 13.2 Å². The number of amides is 1. The van der Waals surface area contributed by atoms with Gasteiger partial charge in [-0.1, -0.05) is 0 Å². The first-order valence-corrected chi connectivity index (χ1v) is 9.01.